The van der Waals surface area contributed by atoms with Crippen molar-refractivity contribution in [2.45, 2.75) is 12.8 Å². The van der Waals surface area contributed by atoms with E-state index in [1.54, 1.807) is 30.3 Å². The molecule has 0 spiro atoms. The van der Waals surface area contributed by atoms with E-state index in [0.717, 1.165) is 5.56 Å². The van der Waals surface area contributed by atoms with Crippen LogP contribution in [0.1, 0.15) is 11.1 Å². The average Bonchev–Trinajstić information content (AvgIpc) is 2.49. The van der Waals surface area contributed by atoms with E-state index in [4.69, 9.17) is 11.6 Å². The van der Waals surface area contributed by atoms with Crippen molar-refractivity contribution in [3.63, 3.8) is 0 Å². The Bertz CT molecular complexity index is 671. The number of benzene rings is 2. The molecule has 0 aliphatic rings. The van der Waals surface area contributed by atoms with Gasteiger partial charge in [-0.25, -0.2) is 0 Å². The zero-order chi connectivity index (χ0) is 15.9. The number of rotatable bonds is 6. The minimum atomic E-state index is -0.476. The van der Waals surface area contributed by atoms with Gasteiger partial charge in [0, 0.05) is 23.2 Å². The Labute approximate surface area is 133 Å². The Balaban J connectivity index is 1.86. The fourth-order valence-corrected chi connectivity index (χ4v) is 2.20. The molecule has 0 saturated heterocycles. The molecule has 0 radical (unpaired) electrons. The lowest BCUT2D eigenvalue weighted by molar-refractivity contribution is -0.385. The highest BCUT2D eigenvalue weighted by Crippen LogP contribution is 2.17. The van der Waals surface area contributed by atoms with Crippen LogP contribution in [0.25, 0.3) is 0 Å². The molecule has 2 aromatic rings. The molecule has 0 aliphatic heterocycles. The highest BCUT2D eigenvalue weighted by Gasteiger charge is 2.15. The van der Waals surface area contributed by atoms with Gasteiger partial charge in [0.2, 0.25) is 5.91 Å². The Morgan fingerprint density at radius 2 is 1.82 bits per heavy atom. The van der Waals surface area contributed by atoms with Crippen molar-refractivity contribution >= 4 is 23.2 Å². The minimum absolute atomic E-state index is 0.00221. The van der Waals surface area contributed by atoms with E-state index in [1.165, 1.54) is 6.07 Å². The maximum Gasteiger partial charge on any atom is 0.273 e. The fourth-order valence-electron chi connectivity index (χ4n) is 2.07. The molecule has 0 aliphatic carbocycles. The van der Waals surface area contributed by atoms with Crippen molar-refractivity contribution in [2.24, 2.45) is 0 Å². The number of halogens is 1. The molecular weight excluding hydrogens is 304 g/mol. The SMILES string of the molecule is O=C(Cc1ccccc1[N+](=O)[O-])NCCc1ccc(Cl)cc1. The van der Waals surface area contributed by atoms with Gasteiger partial charge in [0.15, 0.2) is 0 Å². The molecule has 0 aromatic heterocycles. The van der Waals surface area contributed by atoms with Crippen LogP contribution in [0.15, 0.2) is 48.5 Å². The summed E-state index contributed by atoms with van der Waals surface area (Å²) in [5.41, 5.74) is 1.45. The van der Waals surface area contributed by atoms with Gasteiger partial charge in [0.05, 0.1) is 11.3 Å². The highest BCUT2D eigenvalue weighted by molar-refractivity contribution is 6.30. The standard InChI is InChI=1S/C16H15ClN2O3/c17-14-7-5-12(6-8-14)9-10-18-16(20)11-13-3-1-2-4-15(13)19(21)22/h1-8H,9-11H2,(H,18,20). The van der Waals surface area contributed by atoms with Gasteiger partial charge in [-0.05, 0) is 24.1 Å². The number of nitro groups is 1. The van der Waals surface area contributed by atoms with Crippen molar-refractivity contribution in [1.82, 2.24) is 5.32 Å². The lowest BCUT2D eigenvalue weighted by Gasteiger charge is -2.06. The van der Waals surface area contributed by atoms with Crippen LogP contribution in [-0.2, 0) is 17.6 Å². The second-order valence-electron chi connectivity index (χ2n) is 4.79. The van der Waals surface area contributed by atoms with Gasteiger partial charge in [-0.2, -0.15) is 0 Å². The highest BCUT2D eigenvalue weighted by atomic mass is 35.5. The van der Waals surface area contributed by atoms with Crippen LogP contribution in [0.3, 0.4) is 0 Å². The number of carbonyl (C=O) groups is 1. The number of hydrogen-bond acceptors (Lipinski definition) is 3. The summed E-state index contributed by atoms with van der Waals surface area (Å²) >= 11 is 5.80. The predicted molar refractivity (Wildman–Crippen MR) is 85.0 cm³/mol. The minimum Gasteiger partial charge on any atom is -0.355 e. The summed E-state index contributed by atoms with van der Waals surface area (Å²) in [6.07, 6.45) is 0.678. The van der Waals surface area contributed by atoms with Crippen LogP contribution in [0.2, 0.25) is 5.02 Å². The average molecular weight is 319 g/mol. The Kier molecular flexibility index (Phi) is 5.49. The first-order valence-corrected chi connectivity index (χ1v) is 7.17. The second kappa shape index (κ2) is 7.56. The second-order valence-corrected chi connectivity index (χ2v) is 5.23. The summed E-state index contributed by atoms with van der Waals surface area (Å²) in [5.74, 6) is -0.233. The van der Waals surface area contributed by atoms with Gasteiger partial charge >= 0.3 is 0 Å². The third kappa shape index (κ3) is 4.56. The van der Waals surface area contributed by atoms with E-state index in [9.17, 15) is 14.9 Å². The first-order valence-electron chi connectivity index (χ1n) is 6.79. The smallest absolute Gasteiger partial charge is 0.273 e. The van der Waals surface area contributed by atoms with E-state index >= 15 is 0 Å². The molecule has 0 atom stereocenters. The van der Waals surface area contributed by atoms with Crippen molar-refractivity contribution in [3.05, 3.63) is 74.8 Å². The molecule has 0 bridgehead atoms. The summed E-state index contributed by atoms with van der Waals surface area (Å²) in [6.45, 7) is 0.473. The maximum absolute atomic E-state index is 11.9. The monoisotopic (exact) mass is 318 g/mol. The zero-order valence-electron chi connectivity index (χ0n) is 11.8. The first-order chi connectivity index (χ1) is 10.6. The van der Waals surface area contributed by atoms with Crippen molar-refractivity contribution < 1.29 is 9.72 Å². The van der Waals surface area contributed by atoms with Crippen LogP contribution in [0.4, 0.5) is 5.69 Å². The first kappa shape index (κ1) is 16.0. The quantitative estimate of drug-likeness (QED) is 0.657. The maximum atomic E-state index is 11.9. The molecule has 5 nitrogen and oxygen atoms in total. The third-order valence-corrected chi connectivity index (χ3v) is 3.44. The molecule has 0 fully saturated rings. The molecule has 0 unspecified atom stereocenters. The van der Waals surface area contributed by atoms with E-state index in [0.29, 0.717) is 23.6 Å². The number of nitro benzene ring substituents is 1. The molecule has 6 heteroatoms. The van der Waals surface area contributed by atoms with E-state index < -0.39 is 4.92 Å². The normalized spacial score (nSPS) is 10.2. The van der Waals surface area contributed by atoms with E-state index in [1.807, 2.05) is 12.1 Å². The molecule has 0 saturated carbocycles. The third-order valence-electron chi connectivity index (χ3n) is 3.19. The number of nitrogens with zero attached hydrogens (tertiary/aromatic N) is 1. The van der Waals surface area contributed by atoms with Gasteiger partial charge in [0.25, 0.3) is 5.69 Å². The Morgan fingerprint density at radius 3 is 2.50 bits per heavy atom. The molecule has 22 heavy (non-hydrogen) atoms. The summed E-state index contributed by atoms with van der Waals surface area (Å²) in [6, 6.07) is 13.7. The number of nitrogens with one attached hydrogen (secondary N) is 1. The molecule has 114 valence electrons. The summed E-state index contributed by atoms with van der Waals surface area (Å²) in [5, 5.41) is 14.3. The van der Waals surface area contributed by atoms with Gasteiger partial charge < -0.3 is 5.32 Å². The van der Waals surface area contributed by atoms with Gasteiger partial charge in [-0.1, -0.05) is 41.9 Å². The molecular formula is C16H15ClN2O3. The van der Waals surface area contributed by atoms with Crippen LogP contribution >= 0.6 is 11.6 Å². The Morgan fingerprint density at radius 1 is 1.14 bits per heavy atom. The van der Waals surface area contributed by atoms with E-state index in [-0.39, 0.29) is 18.0 Å². The van der Waals surface area contributed by atoms with Gasteiger partial charge in [-0.3, -0.25) is 14.9 Å². The number of carbonyl (C=O) groups excluding carboxylic acids is 1. The lowest BCUT2D eigenvalue weighted by atomic mass is 10.1. The van der Waals surface area contributed by atoms with Crippen molar-refractivity contribution in [3.8, 4) is 0 Å². The van der Waals surface area contributed by atoms with Crippen LogP contribution in [-0.4, -0.2) is 17.4 Å². The Hall–Kier alpha value is -2.40. The molecule has 1 N–H and O–H groups in total. The van der Waals surface area contributed by atoms with Crippen LogP contribution in [0, 0.1) is 10.1 Å². The van der Waals surface area contributed by atoms with Crippen molar-refractivity contribution in [1.29, 1.82) is 0 Å². The van der Waals surface area contributed by atoms with Gasteiger partial charge in [0.1, 0.15) is 0 Å². The molecule has 1 amide bonds. The zero-order valence-corrected chi connectivity index (χ0v) is 12.5. The largest absolute Gasteiger partial charge is 0.355 e. The van der Waals surface area contributed by atoms with Crippen LogP contribution < -0.4 is 5.32 Å². The number of amides is 1. The molecule has 2 aromatic carbocycles. The summed E-state index contributed by atoms with van der Waals surface area (Å²) in [4.78, 5) is 22.3. The topological polar surface area (TPSA) is 72.2 Å². The number of hydrogen-bond donors (Lipinski definition) is 1. The predicted octanol–water partition coefficient (Wildman–Crippen LogP) is 3.15. The van der Waals surface area contributed by atoms with Crippen LogP contribution in [0.5, 0.6) is 0 Å². The van der Waals surface area contributed by atoms with Gasteiger partial charge in [-0.15, -0.1) is 0 Å². The molecule has 2 rings (SSSR count). The molecule has 0 heterocycles. The summed E-state index contributed by atoms with van der Waals surface area (Å²) < 4.78 is 0. The van der Waals surface area contributed by atoms with Crippen molar-refractivity contribution in [2.75, 3.05) is 6.54 Å². The fraction of sp³-hybridized carbons (Fsp3) is 0.188. The van der Waals surface area contributed by atoms with E-state index in [2.05, 4.69) is 5.32 Å². The number of para-hydroxylation sites is 1. The summed E-state index contributed by atoms with van der Waals surface area (Å²) in [7, 11) is 0. The lowest BCUT2D eigenvalue weighted by Crippen LogP contribution is -2.27.